The lowest BCUT2D eigenvalue weighted by Gasteiger charge is -2.40. The van der Waals surface area contributed by atoms with E-state index in [1.165, 1.54) is 11.3 Å². The molecule has 35 heavy (non-hydrogen) atoms. The molecule has 3 aliphatic rings. The van der Waals surface area contributed by atoms with Crippen LogP contribution in [0.25, 0.3) is 10.9 Å². The molecule has 7 heteroatoms. The van der Waals surface area contributed by atoms with Crippen LogP contribution in [0.4, 0.5) is 17.1 Å². The number of piperazine rings is 1. The quantitative estimate of drug-likeness (QED) is 0.632. The second-order valence-corrected chi connectivity index (χ2v) is 9.60. The number of fused-ring (bicyclic) bond motifs is 2. The van der Waals surface area contributed by atoms with E-state index in [1.54, 1.807) is 6.20 Å². The number of nitrogens with one attached hydrogen (secondary N) is 1. The van der Waals surface area contributed by atoms with Crippen LogP contribution < -0.4 is 15.1 Å². The van der Waals surface area contributed by atoms with E-state index in [9.17, 15) is 5.26 Å². The van der Waals surface area contributed by atoms with E-state index < -0.39 is 0 Å². The summed E-state index contributed by atoms with van der Waals surface area (Å²) in [5, 5.41) is 14.0. The van der Waals surface area contributed by atoms with Gasteiger partial charge in [0, 0.05) is 73.5 Å². The molecule has 0 unspecified atom stereocenters. The number of aromatic nitrogens is 1. The number of aliphatic imine (C=N–C) groups is 1. The number of rotatable bonds is 3. The molecule has 0 radical (unpaired) electrons. The summed E-state index contributed by atoms with van der Waals surface area (Å²) in [5.74, 6) is 0. The average molecular weight is 467 g/mol. The molecule has 178 valence electrons. The van der Waals surface area contributed by atoms with Gasteiger partial charge in [0.05, 0.1) is 22.9 Å². The van der Waals surface area contributed by atoms with E-state index in [4.69, 9.17) is 9.73 Å². The SMILES string of the molecule is C[C@@H]1CN(c2ccc(C#N)c3ncccc23)C[C@H](C2=Nc3cccc(N4CCNCC4)c3CC2)O1. The summed E-state index contributed by atoms with van der Waals surface area (Å²) >= 11 is 0. The maximum Gasteiger partial charge on any atom is 0.113 e. The molecule has 3 aromatic rings. The normalized spacial score (nSPS) is 22.5. The molecule has 6 rings (SSSR count). The molecule has 0 saturated carbocycles. The largest absolute Gasteiger partial charge is 0.369 e. The first-order chi connectivity index (χ1) is 17.2. The number of benzene rings is 2. The van der Waals surface area contributed by atoms with E-state index in [2.05, 4.69) is 63.4 Å². The smallest absolute Gasteiger partial charge is 0.113 e. The highest BCUT2D eigenvalue weighted by molar-refractivity contribution is 5.97. The molecule has 0 amide bonds. The minimum Gasteiger partial charge on any atom is -0.369 e. The summed E-state index contributed by atoms with van der Waals surface area (Å²) in [7, 11) is 0. The Morgan fingerprint density at radius 2 is 1.89 bits per heavy atom. The van der Waals surface area contributed by atoms with Crippen molar-refractivity contribution in [3.63, 3.8) is 0 Å². The van der Waals surface area contributed by atoms with Crippen LogP contribution >= 0.6 is 0 Å². The highest BCUT2D eigenvalue weighted by atomic mass is 16.5. The number of ether oxygens (including phenoxy) is 1. The minimum absolute atomic E-state index is 0.0582. The van der Waals surface area contributed by atoms with Crippen LogP contribution in [0.2, 0.25) is 0 Å². The predicted octanol–water partition coefficient (Wildman–Crippen LogP) is 3.83. The van der Waals surface area contributed by atoms with Crippen LogP contribution in [0.1, 0.15) is 24.5 Å². The molecule has 1 aromatic heterocycles. The Morgan fingerprint density at radius 3 is 2.74 bits per heavy atom. The molecule has 0 spiro atoms. The van der Waals surface area contributed by atoms with Crippen molar-refractivity contribution in [1.82, 2.24) is 10.3 Å². The lowest BCUT2D eigenvalue weighted by Crippen LogP contribution is -2.50. The molecule has 2 saturated heterocycles. The van der Waals surface area contributed by atoms with E-state index in [0.29, 0.717) is 5.56 Å². The van der Waals surface area contributed by atoms with Crippen molar-refractivity contribution in [3.05, 3.63) is 59.8 Å². The first-order valence-electron chi connectivity index (χ1n) is 12.5. The molecule has 2 fully saturated rings. The van der Waals surface area contributed by atoms with Crippen molar-refractivity contribution < 1.29 is 4.74 Å². The van der Waals surface area contributed by atoms with Gasteiger partial charge in [-0.05, 0) is 56.2 Å². The maximum absolute atomic E-state index is 9.53. The lowest BCUT2D eigenvalue weighted by molar-refractivity contribution is 0.0196. The number of morpholine rings is 1. The van der Waals surface area contributed by atoms with Crippen molar-refractivity contribution in [2.45, 2.75) is 32.0 Å². The van der Waals surface area contributed by atoms with Crippen LogP contribution in [0.3, 0.4) is 0 Å². The minimum atomic E-state index is -0.0582. The van der Waals surface area contributed by atoms with Gasteiger partial charge in [0.1, 0.15) is 12.2 Å². The summed E-state index contributed by atoms with van der Waals surface area (Å²) in [6.45, 7) is 7.80. The Kier molecular flexibility index (Phi) is 5.85. The van der Waals surface area contributed by atoms with Crippen molar-refractivity contribution in [2.75, 3.05) is 49.1 Å². The van der Waals surface area contributed by atoms with Gasteiger partial charge >= 0.3 is 0 Å². The first-order valence-corrected chi connectivity index (χ1v) is 12.5. The van der Waals surface area contributed by atoms with Gasteiger partial charge < -0.3 is 19.9 Å². The summed E-state index contributed by atoms with van der Waals surface area (Å²) in [6, 6.07) is 16.7. The Labute approximate surface area is 206 Å². The fourth-order valence-corrected chi connectivity index (χ4v) is 5.68. The molecular formula is C28H30N6O. The second-order valence-electron chi connectivity index (χ2n) is 9.60. The zero-order valence-corrected chi connectivity index (χ0v) is 20.1. The third-order valence-corrected chi connectivity index (χ3v) is 7.32. The van der Waals surface area contributed by atoms with Crippen LogP contribution in [-0.4, -0.2) is 62.2 Å². The van der Waals surface area contributed by atoms with Crippen LogP contribution in [0.15, 0.2) is 53.7 Å². The number of anilines is 2. The predicted molar refractivity (Wildman–Crippen MR) is 140 cm³/mol. The van der Waals surface area contributed by atoms with Gasteiger partial charge in [-0.1, -0.05) is 6.07 Å². The molecule has 2 aromatic carbocycles. The topological polar surface area (TPSA) is 76.8 Å². The Morgan fingerprint density at radius 1 is 1.00 bits per heavy atom. The molecular weight excluding hydrogens is 436 g/mol. The Balaban J connectivity index is 1.30. The number of hydrogen-bond acceptors (Lipinski definition) is 7. The summed E-state index contributed by atoms with van der Waals surface area (Å²) < 4.78 is 6.44. The van der Waals surface area contributed by atoms with Gasteiger partial charge in [-0.15, -0.1) is 0 Å². The first kappa shape index (κ1) is 22.0. The molecule has 4 heterocycles. The number of nitriles is 1. The average Bonchev–Trinajstić information content (AvgIpc) is 2.92. The Hall–Kier alpha value is -3.47. The zero-order chi connectivity index (χ0) is 23.8. The van der Waals surface area contributed by atoms with Gasteiger partial charge in [0.2, 0.25) is 0 Å². The molecule has 7 nitrogen and oxygen atoms in total. The summed E-state index contributed by atoms with van der Waals surface area (Å²) in [6.07, 6.45) is 3.67. The van der Waals surface area contributed by atoms with Crippen molar-refractivity contribution in [3.8, 4) is 6.07 Å². The highest BCUT2D eigenvalue weighted by Gasteiger charge is 2.32. The third kappa shape index (κ3) is 4.13. The van der Waals surface area contributed by atoms with E-state index in [1.807, 2.05) is 12.1 Å². The van der Waals surface area contributed by atoms with Gasteiger partial charge in [-0.25, -0.2) is 0 Å². The van der Waals surface area contributed by atoms with Crippen LogP contribution in [0, 0.1) is 11.3 Å². The maximum atomic E-state index is 9.53. The molecule has 3 aliphatic heterocycles. The summed E-state index contributed by atoms with van der Waals surface area (Å²) in [4.78, 5) is 14.5. The monoisotopic (exact) mass is 466 g/mol. The standard InChI is InChI=1S/C28H30N6O/c1-19-17-34(26-10-7-20(16-29)28-22(26)4-3-11-31-28)18-27(35-19)24-9-8-21-23(32-24)5-2-6-25(21)33-14-12-30-13-15-33/h2-7,10-11,19,27,30H,8-9,12-15,17-18H2,1H3/t19-,27-/m1/s1. The number of hydrogen-bond donors (Lipinski definition) is 1. The van der Waals surface area contributed by atoms with E-state index in [-0.39, 0.29) is 12.2 Å². The Bertz CT molecular complexity index is 1320. The van der Waals surface area contributed by atoms with Gasteiger partial charge in [0.15, 0.2) is 0 Å². The second kappa shape index (κ2) is 9.29. The number of pyridine rings is 1. The van der Waals surface area contributed by atoms with Crippen molar-refractivity contribution in [2.24, 2.45) is 4.99 Å². The number of nitrogens with zero attached hydrogens (tertiary/aromatic N) is 5. The van der Waals surface area contributed by atoms with Gasteiger partial charge in [0.25, 0.3) is 0 Å². The van der Waals surface area contributed by atoms with Crippen LogP contribution in [0.5, 0.6) is 0 Å². The summed E-state index contributed by atoms with van der Waals surface area (Å²) in [5.41, 5.74) is 7.38. The van der Waals surface area contributed by atoms with Gasteiger partial charge in [-0.3, -0.25) is 9.98 Å². The molecule has 0 aliphatic carbocycles. The zero-order valence-electron chi connectivity index (χ0n) is 20.1. The fraction of sp³-hybridized carbons (Fsp3) is 0.393. The molecule has 0 bridgehead atoms. The van der Waals surface area contributed by atoms with Crippen molar-refractivity contribution >= 4 is 33.7 Å². The lowest BCUT2D eigenvalue weighted by atomic mass is 9.95. The van der Waals surface area contributed by atoms with E-state index in [0.717, 1.165) is 80.1 Å². The van der Waals surface area contributed by atoms with E-state index >= 15 is 0 Å². The van der Waals surface area contributed by atoms with Crippen molar-refractivity contribution in [1.29, 1.82) is 5.26 Å². The third-order valence-electron chi connectivity index (χ3n) is 7.32. The molecule has 1 N–H and O–H groups in total. The fourth-order valence-electron chi connectivity index (χ4n) is 5.68. The van der Waals surface area contributed by atoms with Crippen LogP contribution in [-0.2, 0) is 11.2 Å². The highest BCUT2D eigenvalue weighted by Crippen LogP contribution is 2.36. The molecule has 2 atom stereocenters. The van der Waals surface area contributed by atoms with Gasteiger partial charge in [-0.2, -0.15) is 5.26 Å².